The zero-order valence-electron chi connectivity index (χ0n) is 13.3. The predicted octanol–water partition coefficient (Wildman–Crippen LogP) is 1.97. The molecule has 1 aliphatic rings. The summed E-state index contributed by atoms with van der Waals surface area (Å²) in [6.07, 6.45) is 0. The molecule has 5 nitrogen and oxygen atoms in total. The molecule has 1 aromatic rings. The van der Waals surface area contributed by atoms with Gasteiger partial charge in [0, 0.05) is 30.9 Å². The van der Waals surface area contributed by atoms with Crippen molar-refractivity contribution >= 4 is 17.3 Å². The number of nitrogens with two attached hydrogens (primary N) is 1. The number of benzene rings is 1. The summed E-state index contributed by atoms with van der Waals surface area (Å²) in [5, 5.41) is 0. The Balaban J connectivity index is 2.33. The first-order valence-corrected chi connectivity index (χ1v) is 7.47. The second kappa shape index (κ2) is 6.35. The lowest BCUT2D eigenvalue weighted by atomic mass is 10.1. The van der Waals surface area contributed by atoms with Crippen LogP contribution in [0.5, 0.6) is 0 Å². The Hall–Kier alpha value is -1.75. The Labute approximate surface area is 126 Å². The summed E-state index contributed by atoms with van der Waals surface area (Å²) in [6, 6.07) is 6.33. The van der Waals surface area contributed by atoms with Crippen LogP contribution in [0.4, 0.5) is 11.4 Å². The number of rotatable bonds is 3. The molecule has 116 valence electrons. The van der Waals surface area contributed by atoms with Crippen LogP contribution in [0.3, 0.4) is 0 Å². The number of nitrogens with zero attached hydrogens (tertiary/aromatic N) is 2. The second-order valence-electron chi connectivity index (χ2n) is 5.77. The van der Waals surface area contributed by atoms with Gasteiger partial charge in [-0.05, 0) is 46.0 Å². The fourth-order valence-electron chi connectivity index (χ4n) is 2.80. The number of likely N-dealkylation sites (N-methyl/N-ethyl adjacent to an activating group) is 1. The molecule has 0 amide bonds. The van der Waals surface area contributed by atoms with Gasteiger partial charge in [0.1, 0.15) is 0 Å². The van der Waals surface area contributed by atoms with E-state index in [0.29, 0.717) is 29.9 Å². The molecule has 21 heavy (non-hydrogen) atoms. The Morgan fingerprint density at radius 3 is 2.52 bits per heavy atom. The second-order valence-corrected chi connectivity index (χ2v) is 5.77. The molecule has 2 atom stereocenters. The van der Waals surface area contributed by atoms with E-state index in [1.165, 1.54) is 0 Å². The quantitative estimate of drug-likeness (QED) is 0.681. The first-order chi connectivity index (χ1) is 9.93. The van der Waals surface area contributed by atoms with Crippen LogP contribution in [0.15, 0.2) is 18.2 Å². The molecule has 0 radical (unpaired) electrons. The maximum atomic E-state index is 12.2. The van der Waals surface area contributed by atoms with Gasteiger partial charge in [0.05, 0.1) is 17.9 Å². The van der Waals surface area contributed by atoms with E-state index in [0.717, 1.165) is 18.8 Å². The summed E-state index contributed by atoms with van der Waals surface area (Å²) in [4.78, 5) is 16.8. The number of esters is 1. The summed E-state index contributed by atoms with van der Waals surface area (Å²) < 4.78 is 5.16. The van der Waals surface area contributed by atoms with Gasteiger partial charge < -0.3 is 15.4 Å². The first-order valence-electron chi connectivity index (χ1n) is 7.47. The Morgan fingerprint density at radius 1 is 1.33 bits per heavy atom. The summed E-state index contributed by atoms with van der Waals surface area (Å²) >= 11 is 0. The molecule has 5 heteroatoms. The zero-order valence-corrected chi connectivity index (χ0v) is 13.3. The van der Waals surface area contributed by atoms with Crippen LogP contribution >= 0.6 is 0 Å². The monoisotopic (exact) mass is 291 g/mol. The Kier molecular flexibility index (Phi) is 4.73. The van der Waals surface area contributed by atoms with Crippen molar-refractivity contribution in [2.75, 3.05) is 37.4 Å². The van der Waals surface area contributed by atoms with Gasteiger partial charge in [-0.3, -0.25) is 4.90 Å². The van der Waals surface area contributed by atoms with Crippen molar-refractivity contribution in [3.63, 3.8) is 0 Å². The van der Waals surface area contributed by atoms with Crippen molar-refractivity contribution < 1.29 is 9.53 Å². The van der Waals surface area contributed by atoms with Gasteiger partial charge >= 0.3 is 5.97 Å². The van der Waals surface area contributed by atoms with Crippen molar-refractivity contribution in [2.24, 2.45) is 0 Å². The van der Waals surface area contributed by atoms with E-state index >= 15 is 0 Å². The van der Waals surface area contributed by atoms with E-state index < -0.39 is 0 Å². The highest BCUT2D eigenvalue weighted by atomic mass is 16.5. The molecule has 0 spiro atoms. The van der Waals surface area contributed by atoms with Gasteiger partial charge in [0.25, 0.3) is 0 Å². The lowest BCUT2D eigenvalue weighted by Crippen LogP contribution is -2.55. The molecule has 2 rings (SSSR count). The van der Waals surface area contributed by atoms with Crippen LogP contribution in [0, 0.1) is 0 Å². The minimum absolute atomic E-state index is 0.306. The van der Waals surface area contributed by atoms with E-state index in [9.17, 15) is 4.79 Å². The number of carbonyl (C=O) groups is 1. The van der Waals surface area contributed by atoms with Crippen molar-refractivity contribution in [1.29, 1.82) is 0 Å². The Bertz CT molecular complexity index is 506. The summed E-state index contributed by atoms with van der Waals surface area (Å²) in [5.41, 5.74) is 7.88. The first kappa shape index (κ1) is 15.6. The number of nitrogen functional groups attached to an aromatic ring is 1. The highest BCUT2D eigenvalue weighted by Crippen LogP contribution is 2.27. The molecule has 2 unspecified atom stereocenters. The average Bonchev–Trinajstić information content (AvgIpc) is 2.44. The number of hydrogen-bond donors (Lipinski definition) is 1. The normalized spacial score (nSPS) is 23.1. The minimum atomic E-state index is -0.306. The Morgan fingerprint density at radius 2 is 1.95 bits per heavy atom. The van der Waals surface area contributed by atoms with Crippen molar-refractivity contribution in [1.82, 2.24) is 4.90 Å². The maximum absolute atomic E-state index is 12.2. The highest BCUT2D eigenvalue weighted by molar-refractivity contribution is 5.97. The number of carbonyl (C=O) groups excluding carboxylic acids is 1. The third-order valence-corrected chi connectivity index (χ3v) is 4.22. The van der Waals surface area contributed by atoms with Gasteiger partial charge in [-0.1, -0.05) is 0 Å². The molecule has 2 N–H and O–H groups in total. The number of hydrogen-bond acceptors (Lipinski definition) is 5. The zero-order chi connectivity index (χ0) is 15.6. The molecule has 1 saturated heterocycles. The molecule has 0 aromatic heterocycles. The molecule has 0 aliphatic carbocycles. The van der Waals surface area contributed by atoms with Crippen LogP contribution in [-0.2, 0) is 4.74 Å². The molecule has 0 saturated carbocycles. The predicted molar refractivity (Wildman–Crippen MR) is 85.7 cm³/mol. The van der Waals surface area contributed by atoms with Crippen molar-refractivity contribution in [2.45, 2.75) is 32.9 Å². The van der Waals surface area contributed by atoms with Gasteiger partial charge in [-0.15, -0.1) is 0 Å². The molecular formula is C16H25N3O2. The number of anilines is 2. The fraction of sp³-hybridized carbons (Fsp3) is 0.562. The maximum Gasteiger partial charge on any atom is 0.340 e. The summed E-state index contributed by atoms with van der Waals surface area (Å²) in [7, 11) is 2.14. The van der Waals surface area contributed by atoms with Gasteiger partial charge in [-0.25, -0.2) is 4.79 Å². The molecular weight excluding hydrogens is 266 g/mol. The smallest absolute Gasteiger partial charge is 0.340 e. The summed E-state index contributed by atoms with van der Waals surface area (Å²) in [5.74, 6) is -0.306. The molecule has 1 aromatic carbocycles. The van der Waals surface area contributed by atoms with Crippen LogP contribution in [-0.4, -0.2) is 49.7 Å². The van der Waals surface area contributed by atoms with Gasteiger partial charge in [0.15, 0.2) is 0 Å². The third-order valence-electron chi connectivity index (χ3n) is 4.22. The number of ether oxygens (including phenoxy) is 1. The van der Waals surface area contributed by atoms with Gasteiger partial charge in [0.2, 0.25) is 0 Å². The highest BCUT2D eigenvalue weighted by Gasteiger charge is 2.29. The van der Waals surface area contributed by atoms with Crippen LogP contribution in [0.1, 0.15) is 31.1 Å². The van der Waals surface area contributed by atoms with E-state index in [2.05, 4.69) is 30.7 Å². The molecule has 0 bridgehead atoms. The standard InChI is InChI=1S/C16H25N3O2/c1-5-21-16(20)14-8-13(17)6-7-15(14)19-9-11(2)18(4)12(3)10-19/h6-8,11-12H,5,9-10,17H2,1-4H3. The molecule has 1 fully saturated rings. The van der Waals surface area contributed by atoms with E-state index in [-0.39, 0.29) is 5.97 Å². The number of piperazine rings is 1. The van der Waals surface area contributed by atoms with Crippen molar-refractivity contribution in [3.05, 3.63) is 23.8 Å². The fourth-order valence-corrected chi connectivity index (χ4v) is 2.80. The summed E-state index contributed by atoms with van der Waals surface area (Å²) in [6.45, 7) is 8.34. The average molecular weight is 291 g/mol. The molecule has 1 aliphatic heterocycles. The van der Waals surface area contributed by atoms with Crippen LogP contribution in [0.2, 0.25) is 0 Å². The minimum Gasteiger partial charge on any atom is -0.462 e. The van der Waals surface area contributed by atoms with Gasteiger partial charge in [-0.2, -0.15) is 0 Å². The van der Waals surface area contributed by atoms with E-state index in [1.807, 2.05) is 19.1 Å². The largest absolute Gasteiger partial charge is 0.462 e. The van der Waals surface area contributed by atoms with Crippen molar-refractivity contribution in [3.8, 4) is 0 Å². The SMILES string of the molecule is CCOC(=O)c1cc(N)ccc1N1CC(C)N(C)C(C)C1. The van der Waals surface area contributed by atoms with Crippen LogP contribution < -0.4 is 10.6 Å². The van der Waals surface area contributed by atoms with Crippen LogP contribution in [0.25, 0.3) is 0 Å². The lowest BCUT2D eigenvalue weighted by Gasteiger charge is -2.44. The molecule has 1 heterocycles. The lowest BCUT2D eigenvalue weighted by molar-refractivity contribution is 0.0526. The topological polar surface area (TPSA) is 58.8 Å². The van der Waals surface area contributed by atoms with E-state index in [4.69, 9.17) is 10.5 Å². The van der Waals surface area contributed by atoms with E-state index in [1.54, 1.807) is 6.07 Å². The third kappa shape index (κ3) is 3.29.